The van der Waals surface area contributed by atoms with Crippen LogP contribution in [0.2, 0.25) is 0 Å². The van der Waals surface area contributed by atoms with Gasteiger partial charge in [-0.3, -0.25) is 9.29 Å². The van der Waals surface area contributed by atoms with Crippen molar-refractivity contribution in [2.24, 2.45) is 0 Å². The van der Waals surface area contributed by atoms with Crippen molar-refractivity contribution in [1.29, 1.82) is 0 Å². The topological polar surface area (TPSA) is 59.5 Å². The lowest BCUT2D eigenvalue weighted by molar-refractivity contribution is 0.208. The Labute approximate surface area is 129 Å². The normalized spacial score (nSPS) is 11.6. The molecule has 21 heavy (non-hydrogen) atoms. The molecule has 0 aliphatic carbocycles. The second-order valence-electron chi connectivity index (χ2n) is 4.58. The highest BCUT2D eigenvalue weighted by molar-refractivity contribution is 7.94. The Morgan fingerprint density at radius 1 is 1.29 bits per heavy atom. The number of hydrogen-bond acceptors (Lipinski definition) is 5. The molecular weight excluding hydrogens is 308 g/mol. The van der Waals surface area contributed by atoms with Crippen LogP contribution < -0.4 is 4.31 Å². The van der Waals surface area contributed by atoms with Gasteiger partial charge in [-0.15, -0.1) is 11.3 Å². The zero-order valence-electron chi connectivity index (χ0n) is 12.2. The Morgan fingerprint density at radius 3 is 2.48 bits per heavy atom. The third-order valence-electron chi connectivity index (χ3n) is 3.14. The number of aromatic nitrogens is 1. The summed E-state index contributed by atoms with van der Waals surface area (Å²) in [5.41, 5.74) is 1.57. The number of aryl methyl sites for hydroxylation is 2. The van der Waals surface area contributed by atoms with Crippen LogP contribution in [0.3, 0.4) is 0 Å². The Bertz CT molecular complexity index is 677. The highest BCUT2D eigenvalue weighted by atomic mass is 32.2. The maximum absolute atomic E-state index is 12.9. The molecule has 0 aliphatic heterocycles. The van der Waals surface area contributed by atoms with Crippen LogP contribution in [0.5, 0.6) is 0 Å². The van der Waals surface area contributed by atoms with Crippen LogP contribution in [0, 0.1) is 13.8 Å². The number of pyridine rings is 1. The van der Waals surface area contributed by atoms with Crippen LogP contribution in [0.4, 0.5) is 5.69 Å². The SMILES string of the molecule is COCCN(c1ccncc1)S(=O)(=O)c1cc(C)c(C)s1. The van der Waals surface area contributed by atoms with E-state index in [0.717, 1.165) is 10.4 Å². The van der Waals surface area contributed by atoms with E-state index < -0.39 is 10.0 Å². The van der Waals surface area contributed by atoms with Crippen molar-refractivity contribution >= 4 is 27.0 Å². The monoisotopic (exact) mass is 326 g/mol. The zero-order chi connectivity index (χ0) is 15.5. The van der Waals surface area contributed by atoms with Crippen LogP contribution in [0.1, 0.15) is 10.4 Å². The molecule has 0 bridgehead atoms. The van der Waals surface area contributed by atoms with Crippen molar-refractivity contribution in [2.75, 3.05) is 24.6 Å². The summed E-state index contributed by atoms with van der Waals surface area (Å²) >= 11 is 1.29. The molecule has 7 heteroatoms. The number of anilines is 1. The lowest BCUT2D eigenvalue weighted by Gasteiger charge is -2.23. The van der Waals surface area contributed by atoms with Crippen molar-refractivity contribution in [2.45, 2.75) is 18.1 Å². The van der Waals surface area contributed by atoms with E-state index in [2.05, 4.69) is 4.98 Å². The van der Waals surface area contributed by atoms with Crippen LogP contribution >= 0.6 is 11.3 Å². The molecule has 2 heterocycles. The largest absolute Gasteiger partial charge is 0.383 e. The standard InChI is InChI=1S/C14H18N2O3S2/c1-11-10-14(20-12(11)2)21(17,18)16(8-9-19-3)13-4-6-15-7-5-13/h4-7,10H,8-9H2,1-3H3. The maximum atomic E-state index is 12.9. The number of thiophene rings is 1. The van der Waals surface area contributed by atoms with Crippen molar-refractivity contribution in [3.8, 4) is 0 Å². The summed E-state index contributed by atoms with van der Waals surface area (Å²) in [5, 5.41) is 0. The molecular formula is C14H18N2O3S2. The number of hydrogen-bond donors (Lipinski definition) is 0. The highest BCUT2D eigenvalue weighted by Crippen LogP contribution is 2.30. The molecule has 0 aromatic carbocycles. The predicted octanol–water partition coefficient (Wildman–Crippen LogP) is 2.60. The highest BCUT2D eigenvalue weighted by Gasteiger charge is 2.26. The van der Waals surface area contributed by atoms with E-state index in [4.69, 9.17) is 4.74 Å². The smallest absolute Gasteiger partial charge is 0.273 e. The van der Waals surface area contributed by atoms with Gasteiger partial charge in [-0.1, -0.05) is 0 Å². The maximum Gasteiger partial charge on any atom is 0.273 e. The summed E-state index contributed by atoms with van der Waals surface area (Å²) in [6.45, 7) is 4.42. The summed E-state index contributed by atoms with van der Waals surface area (Å²) in [6, 6.07) is 5.08. The van der Waals surface area contributed by atoms with Crippen LogP contribution in [-0.4, -0.2) is 33.7 Å². The van der Waals surface area contributed by atoms with Crippen LogP contribution in [-0.2, 0) is 14.8 Å². The summed E-state index contributed by atoms with van der Waals surface area (Å²) in [7, 11) is -2.03. The second kappa shape index (κ2) is 6.55. The minimum atomic E-state index is -3.58. The molecule has 2 aromatic heterocycles. The van der Waals surface area contributed by atoms with Crippen LogP contribution in [0.25, 0.3) is 0 Å². The van der Waals surface area contributed by atoms with E-state index in [1.54, 1.807) is 37.7 Å². The first kappa shape index (κ1) is 15.9. The molecule has 0 spiro atoms. The lowest BCUT2D eigenvalue weighted by atomic mass is 10.3. The fourth-order valence-corrected chi connectivity index (χ4v) is 4.93. The predicted molar refractivity (Wildman–Crippen MR) is 84.4 cm³/mol. The quantitative estimate of drug-likeness (QED) is 0.819. The van der Waals surface area contributed by atoms with Gasteiger partial charge in [0.2, 0.25) is 0 Å². The average Bonchev–Trinajstić information content (AvgIpc) is 2.81. The first-order valence-corrected chi connectivity index (χ1v) is 8.71. The van der Waals surface area contributed by atoms with Crippen molar-refractivity contribution in [3.63, 3.8) is 0 Å². The second-order valence-corrected chi connectivity index (χ2v) is 7.93. The lowest BCUT2D eigenvalue weighted by Crippen LogP contribution is -2.33. The zero-order valence-corrected chi connectivity index (χ0v) is 13.9. The van der Waals surface area contributed by atoms with Crippen molar-refractivity contribution in [3.05, 3.63) is 41.0 Å². The summed E-state index contributed by atoms with van der Waals surface area (Å²) < 4.78 is 32.5. The molecule has 2 rings (SSSR count). The third kappa shape index (κ3) is 3.42. The molecule has 0 unspecified atom stereocenters. The Hall–Kier alpha value is -1.44. The van der Waals surface area contributed by atoms with Gasteiger partial charge in [0.1, 0.15) is 4.21 Å². The van der Waals surface area contributed by atoms with Gasteiger partial charge in [0.25, 0.3) is 10.0 Å². The first-order chi connectivity index (χ1) is 9.96. The van der Waals surface area contributed by atoms with Gasteiger partial charge in [-0.25, -0.2) is 8.42 Å². The minimum Gasteiger partial charge on any atom is -0.383 e. The molecule has 0 saturated heterocycles. The number of nitrogens with zero attached hydrogens (tertiary/aromatic N) is 2. The number of ether oxygens (including phenoxy) is 1. The molecule has 114 valence electrons. The summed E-state index contributed by atoms with van der Waals surface area (Å²) in [5.74, 6) is 0. The minimum absolute atomic E-state index is 0.263. The molecule has 5 nitrogen and oxygen atoms in total. The Balaban J connectivity index is 2.44. The molecule has 0 N–H and O–H groups in total. The fraction of sp³-hybridized carbons (Fsp3) is 0.357. The third-order valence-corrected chi connectivity index (χ3v) is 6.57. The molecule has 0 saturated carbocycles. The van der Waals surface area contributed by atoms with Gasteiger partial charge < -0.3 is 4.74 Å². The van der Waals surface area contributed by atoms with E-state index >= 15 is 0 Å². The van der Waals surface area contributed by atoms with E-state index in [-0.39, 0.29) is 6.54 Å². The van der Waals surface area contributed by atoms with Gasteiger partial charge in [-0.2, -0.15) is 0 Å². The van der Waals surface area contributed by atoms with E-state index in [1.807, 2.05) is 13.8 Å². The Morgan fingerprint density at radius 2 is 1.95 bits per heavy atom. The van der Waals surface area contributed by atoms with Gasteiger partial charge >= 0.3 is 0 Å². The van der Waals surface area contributed by atoms with Gasteiger partial charge in [-0.05, 0) is 37.6 Å². The van der Waals surface area contributed by atoms with Gasteiger partial charge in [0.15, 0.2) is 0 Å². The van der Waals surface area contributed by atoms with Crippen LogP contribution in [0.15, 0.2) is 34.8 Å². The van der Waals surface area contributed by atoms with Crippen molar-refractivity contribution < 1.29 is 13.2 Å². The number of methoxy groups -OCH3 is 1. The summed E-state index contributed by atoms with van der Waals surface area (Å²) in [4.78, 5) is 4.94. The van der Waals surface area contributed by atoms with E-state index in [1.165, 1.54) is 15.6 Å². The van der Waals surface area contributed by atoms with Gasteiger partial charge in [0, 0.05) is 24.4 Å². The molecule has 0 fully saturated rings. The molecule has 0 atom stereocenters. The van der Waals surface area contributed by atoms with Crippen molar-refractivity contribution in [1.82, 2.24) is 4.98 Å². The molecule has 0 aliphatic rings. The average molecular weight is 326 g/mol. The van der Waals surface area contributed by atoms with Gasteiger partial charge in [0.05, 0.1) is 18.8 Å². The molecule has 2 aromatic rings. The van der Waals surface area contributed by atoms with E-state index in [9.17, 15) is 8.42 Å². The first-order valence-electron chi connectivity index (χ1n) is 6.45. The fourth-order valence-electron chi connectivity index (χ4n) is 1.85. The molecule has 0 amide bonds. The van der Waals surface area contributed by atoms with E-state index in [0.29, 0.717) is 16.5 Å². The Kier molecular flexibility index (Phi) is 4.97. The number of sulfonamides is 1. The number of rotatable bonds is 6. The summed E-state index contributed by atoms with van der Waals surface area (Å²) in [6.07, 6.45) is 3.16. The molecule has 0 radical (unpaired) electrons.